The van der Waals surface area contributed by atoms with E-state index in [2.05, 4.69) is 26.9 Å². The van der Waals surface area contributed by atoms with Gasteiger partial charge in [-0.05, 0) is 56.6 Å². The Hall–Kier alpha value is -4.31. The van der Waals surface area contributed by atoms with E-state index >= 15 is 0 Å². The molecule has 72 heavy (non-hydrogen) atoms. The Labute approximate surface area is 415 Å². The van der Waals surface area contributed by atoms with Crippen LogP contribution in [0.1, 0.15) is 31.2 Å². The number of nitrogens with zero attached hydrogens (tertiary/aromatic N) is 5. The van der Waals surface area contributed by atoms with Crippen molar-refractivity contribution in [2.45, 2.75) is 129 Å². The van der Waals surface area contributed by atoms with E-state index in [9.17, 15) is 59.5 Å². The van der Waals surface area contributed by atoms with Gasteiger partial charge in [-0.2, -0.15) is 0 Å². The minimum atomic E-state index is -3.83. The van der Waals surface area contributed by atoms with E-state index in [1.54, 1.807) is 41.2 Å². The highest BCUT2D eigenvalue weighted by Gasteiger charge is 2.58. The van der Waals surface area contributed by atoms with Crippen LogP contribution in [0.5, 0.6) is 0 Å². The van der Waals surface area contributed by atoms with Crippen LogP contribution >= 0.6 is 0 Å². The number of ether oxygens (including phenoxy) is 5. The molecule has 0 radical (unpaired) electrons. The van der Waals surface area contributed by atoms with Gasteiger partial charge in [-0.15, -0.1) is 5.10 Å². The summed E-state index contributed by atoms with van der Waals surface area (Å²) >= 11 is 0. The lowest BCUT2D eigenvalue weighted by Crippen LogP contribution is -2.65. The highest BCUT2D eigenvalue weighted by atomic mass is 32.2. The third-order valence-electron chi connectivity index (χ3n) is 13.6. The number of fused-ring (bicyclic) bond motifs is 1. The van der Waals surface area contributed by atoms with Crippen molar-refractivity contribution in [3.8, 4) is 23.1 Å². The molecule has 0 spiro atoms. The smallest absolute Gasteiger partial charge is 0.241 e. The Kier molecular flexibility index (Phi) is 17.3. The third-order valence-corrected chi connectivity index (χ3v) is 15.1. The van der Waals surface area contributed by atoms with Crippen LogP contribution in [0.25, 0.3) is 22.0 Å². The van der Waals surface area contributed by atoms with Crippen LogP contribution in [0, 0.1) is 11.8 Å². The van der Waals surface area contributed by atoms with Crippen LogP contribution in [-0.2, 0) is 40.3 Å². The highest BCUT2D eigenvalue weighted by Crippen LogP contribution is 2.37. The number of aliphatic hydroxyl groups is 10. The van der Waals surface area contributed by atoms with Crippen LogP contribution in [0.4, 0.5) is 5.69 Å². The van der Waals surface area contributed by atoms with Crippen molar-refractivity contribution in [3.05, 3.63) is 72.4 Å². The summed E-state index contributed by atoms with van der Waals surface area (Å²) in [5.74, 6) is 3.98. The molecule has 4 saturated heterocycles. The van der Waals surface area contributed by atoms with Gasteiger partial charge in [0.1, 0.15) is 85.5 Å². The molecule has 0 saturated carbocycles. The first kappa shape index (κ1) is 54.0. The van der Waals surface area contributed by atoms with Crippen LogP contribution in [0.15, 0.2) is 71.8 Å². The molecule has 4 fully saturated rings. The zero-order valence-electron chi connectivity index (χ0n) is 39.7. The molecule has 0 aliphatic carbocycles. The van der Waals surface area contributed by atoms with Crippen molar-refractivity contribution in [2.75, 3.05) is 58.5 Å². The summed E-state index contributed by atoms with van der Waals surface area (Å²) in [6.07, 6.45) is -17.7. The fraction of sp³-hybridized carbons (Fsp3) is 0.583. The molecule has 3 aromatic carbocycles. The molecule has 4 aliphatic heterocycles. The van der Waals surface area contributed by atoms with Gasteiger partial charge in [0.15, 0.2) is 12.6 Å². The van der Waals surface area contributed by atoms with E-state index in [-0.39, 0.29) is 11.4 Å². The monoisotopic (exact) mass is 1030 g/mol. The fourth-order valence-electron chi connectivity index (χ4n) is 9.53. The van der Waals surface area contributed by atoms with Gasteiger partial charge < -0.3 is 79.6 Å². The molecule has 23 nitrogen and oxygen atoms in total. The van der Waals surface area contributed by atoms with Gasteiger partial charge in [0, 0.05) is 54.8 Å². The molecule has 15 atom stereocenters. The van der Waals surface area contributed by atoms with Crippen molar-refractivity contribution in [1.82, 2.24) is 24.6 Å². The summed E-state index contributed by atoms with van der Waals surface area (Å²) in [4.78, 5) is 4.14. The summed E-state index contributed by atoms with van der Waals surface area (Å²) in [6.45, 7) is -0.830. The van der Waals surface area contributed by atoms with Crippen LogP contribution < -0.4 is 9.62 Å². The van der Waals surface area contributed by atoms with Crippen molar-refractivity contribution in [2.24, 2.45) is 0 Å². The number of benzene rings is 3. The third kappa shape index (κ3) is 11.3. The number of nitrogens with one attached hydrogen (secondary N) is 1. The number of sulfonamides is 1. The van der Waals surface area contributed by atoms with E-state index in [0.717, 1.165) is 30.3 Å². The zero-order valence-corrected chi connectivity index (χ0v) is 40.5. The number of aromatic nitrogens is 3. The van der Waals surface area contributed by atoms with Gasteiger partial charge in [0.25, 0.3) is 0 Å². The molecule has 1 aromatic heterocycles. The minimum absolute atomic E-state index is 0.158. The van der Waals surface area contributed by atoms with E-state index in [1.807, 2.05) is 54.2 Å². The number of hydrogen-bond acceptors (Lipinski definition) is 21. The number of aliphatic hydroxyl groups excluding tert-OH is 10. The highest BCUT2D eigenvalue weighted by molar-refractivity contribution is 7.89. The van der Waals surface area contributed by atoms with Gasteiger partial charge in [-0.3, -0.25) is 9.58 Å². The SMILES string of the molecule is CN(C)c1cccc2c(S(=O)(=O)NCCCn3cc(-c4cccc(C#CC([C@H]5O[C@H](OC[C@H]6O[C@H](O[C@]7(CO)O[C@H](CO)[C@@H](O)[C@@H]7O)[C@H](O)[C@@H](O)[C@@H]6O)[C@H](O)[C@@H](O)[C@H]5O)N5CCCCC5)c4)nn3)cccc12. The molecule has 4 aliphatic rings. The average molecular weight is 1030 g/mol. The standard InChI is InChI=1S/C48H64N6O17S/c1-52(2)32-14-7-13-30-29(32)12-8-15-36(30)72(65,66)49-18-9-21-54-23-31(50-51-54)28-11-6-10-27(22-28)16-17-33(53-19-4-3-5-20-53)44-41(61)40(60)42(62)46(69-44)67-25-35-37(57)39(59)43(63)47(68-35)71-48(26-56)45(64)38(58)34(24-55)70-48/h6-8,10-15,22-23,33-35,37-47,49,55-64H,3-5,9,18-21,24-26H2,1-2H3/t33?,34-,35-,37-,38-,39+,40+,41-,42-,43-,44-,45+,46+,47-,48+/m1/s1. The summed E-state index contributed by atoms with van der Waals surface area (Å²) in [6, 6.07) is 17.2. The second-order valence-electron chi connectivity index (χ2n) is 18.7. The first-order valence-electron chi connectivity index (χ1n) is 23.9. The molecule has 4 aromatic rings. The first-order valence-corrected chi connectivity index (χ1v) is 25.3. The Balaban J connectivity index is 0.922. The number of rotatable bonds is 17. The lowest BCUT2D eigenvalue weighted by Gasteiger charge is -2.46. The molecule has 5 heterocycles. The minimum Gasteiger partial charge on any atom is -0.394 e. The molecule has 0 amide bonds. The van der Waals surface area contributed by atoms with E-state index in [1.165, 1.54) is 0 Å². The van der Waals surface area contributed by atoms with Gasteiger partial charge in [-0.1, -0.05) is 59.9 Å². The van der Waals surface area contributed by atoms with Crippen LogP contribution in [0.3, 0.4) is 0 Å². The van der Waals surface area contributed by atoms with Crippen molar-refractivity contribution in [3.63, 3.8) is 0 Å². The van der Waals surface area contributed by atoms with Crippen LogP contribution in [-0.4, -0.2) is 224 Å². The fourth-order valence-corrected chi connectivity index (χ4v) is 10.8. The molecule has 1 unspecified atom stereocenters. The Morgan fingerprint density at radius 3 is 2.26 bits per heavy atom. The lowest BCUT2D eigenvalue weighted by atomic mass is 9.92. The zero-order chi connectivity index (χ0) is 51.5. The first-order chi connectivity index (χ1) is 34.5. The number of hydrogen-bond donors (Lipinski definition) is 11. The molecule has 24 heteroatoms. The van der Waals surface area contributed by atoms with Crippen LogP contribution in [0.2, 0.25) is 0 Å². The largest absolute Gasteiger partial charge is 0.394 e. The molecule has 0 bridgehead atoms. The number of aryl methyl sites for hydroxylation is 1. The maximum atomic E-state index is 13.4. The van der Waals surface area contributed by atoms with Gasteiger partial charge in [0.2, 0.25) is 15.8 Å². The molecule has 11 N–H and O–H groups in total. The lowest BCUT2D eigenvalue weighted by molar-refractivity contribution is -0.388. The summed E-state index contributed by atoms with van der Waals surface area (Å²) in [5.41, 5.74) is 2.72. The predicted molar refractivity (Wildman–Crippen MR) is 254 cm³/mol. The van der Waals surface area contributed by atoms with Gasteiger partial charge >= 0.3 is 0 Å². The Bertz CT molecular complexity index is 2630. The number of likely N-dealkylation sites (tertiary alicyclic amines) is 1. The number of piperidine rings is 1. The van der Waals surface area contributed by atoms with E-state index < -0.39 is 121 Å². The Morgan fingerprint density at radius 1 is 0.833 bits per heavy atom. The van der Waals surface area contributed by atoms with E-state index in [0.29, 0.717) is 48.3 Å². The maximum Gasteiger partial charge on any atom is 0.241 e. The van der Waals surface area contributed by atoms with E-state index in [4.69, 9.17) is 23.7 Å². The molecule has 394 valence electrons. The molecular formula is C48H64N6O17S. The van der Waals surface area contributed by atoms with Crippen molar-refractivity contribution < 1.29 is 83.2 Å². The predicted octanol–water partition coefficient (Wildman–Crippen LogP) is -2.81. The summed E-state index contributed by atoms with van der Waals surface area (Å²) < 4.78 is 59.9. The second-order valence-corrected chi connectivity index (χ2v) is 20.4. The quantitative estimate of drug-likeness (QED) is 0.0376. The molecule has 8 rings (SSSR count). The average Bonchev–Trinajstić information content (AvgIpc) is 3.96. The topological polar surface area (TPSA) is 332 Å². The van der Waals surface area contributed by atoms with Crippen molar-refractivity contribution in [1.29, 1.82) is 0 Å². The van der Waals surface area contributed by atoms with Gasteiger partial charge in [-0.25, -0.2) is 13.1 Å². The van der Waals surface area contributed by atoms with Crippen molar-refractivity contribution >= 4 is 26.5 Å². The number of anilines is 1. The summed E-state index contributed by atoms with van der Waals surface area (Å²) in [7, 11) is -0.0160. The normalized spacial score (nSPS) is 32.9. The van der Waals surface area contributed by atoms with Gasteiger partial charge in [0.05, 0.1) is 24.3 Å². The second kappa shape index (κ2) is 23.1. The molecular weight excluding hydrogens is 965 g/mol. The summed E-state index contributed by atoms with van der Waals surface area (Å²) in [5, 5.41) is 117. The Morgan fingerprint density at radius 2 is 1.54 bits per heavy atom. The maximum absolute atomic E-state index is 13.4.